The molecular weight excluding hydrogens is 102 g/mol. The summed E-state index contributed by atoms with van der Waals surface area (Å²) in [5, 5.41) is 8.32. The lowest BCUT2D eigenvalue weighted by Gasteiger charge is -2.08. The minimum absolute atomic E-state index is 0.241. The first kappa shape index (κ1) is 7.45. The van der Waals surface area contributed by atoms with E-state index in [-0.39, 0.29) is 6.10 Å². The minimum Gasteiger partial charge on any atom is -0.366 e. The van der Waals surface area contributed by atoms with Gasteiger partial charge in [-0.3, -0.25) is 0 Å². The number of nitrogens with zero attached hydrogens (tertiary/aromatic N) is 1. The molecule has 0 amide bonds. The van der Waals surface area contributed by atoms with Gasteiger partial charge >= 0.3 is 0 Å². The molecule has 0 unspecified atom stereocenters. The zero-order valence-corrected chi connectivity index (χ0v) is 5.51. The number of hydrogen-bond acceptors (Lipinski definition) is 2. The van der Waals surface area contributed by atoms with E-state index in [0.717, 1.165) is 0 Å². The molecule has 0 spiro atoms. The SMILES string of the molecule is CO[C@H](C#N)C(C)C. The number of hydrogen-bond donors (Lipinski definition) is 0. The van der Waals surface area contributed by atoms with Crippen molar-refractivity contribution in [1.82, 2.24) is 0 Å². The van der Waals surface area contributed by atoms with E-state index in [4.69, 9.17) is 10.00 Å². The second-order valence-electron chi connectivity index (χ2n) is 2.03. The molecule has 2 nitrogen and oxygen atoms in total. The monoisotopic (exact) mass is 113 g/mol. The molecule has 2 heteroatoms. The van der Waals surface area contributed by atoms with E-state index in [1.165, 1.54) is 0 Å². The Hall–Kier alpha value is -0.550. The van der Waals surface area contributed by atoms with Crippen LogP contribution in [0.2, 0.25) is 0 Å². The Morgan fingerprint density at radius 2 is 2.00 bits per heavy atom. The molecule has 0 N–H and O–H groups in total. The van der Waals surface area contributed by atoms with Crippen molar-refractivity contribution >= 4 is 0 Å². The molecule has 0 heterocycles. The molecule has 0 aliphatic carbocycles. The van der Waals surface area contributed by atoms with E-state index in [0.29, 0.717) is 5.92 Å². The predicted octanol–water partition coefficient (Wildman–Crippen LogP) is 1.18. The molecule has 0 saturated carbocycles. The van der Waals surface area contributed by atoms with Gasteiger partial charge in [0.25, 0.3) is 0 Å². The Labute approximate surface area is 50.1 Å². The van der Waals surface area contributed by atoms with Crippen LogP contribution in [-0.2, 0) is 4.74 Å². The molecule has 0 aliphatic heterocycles. The van der Waals surface area contributed by atoms with Gasteiger partial charge in [0.2, 0.25) is 0 Å². The van der Waals surface area contributed by atoms with Crippen LogP contribution in [0.5, 0.6) is 0 Å². The first-order chi connectivity index (χ1) is 3.72. The summed E-state index contributed by atoms with van der Waals surface area (Å²) in [4.78, 5) is 0. The number of methoxy groups -OCH3 is 1. The zero-order valence-electron chi connectivity index (χ0n) is 5.51. The highest BCUT2D eigenvalue weighted by atomic mass is 16.5. The third kappa shape index (κ3) is 1.94. The van der Waals surface area contributed by atoms with Gasteiger partial charge in [0.05, 0.1) is 6.07 Å². The van der Waals surface area contributed by atoms with Crippen molar-refractivity contribution in [1.29, 1.82) is 5.26 Å². The topological polar surface area (TPSA) is 33.0 Å². The molecular formula is C6H11NO. The van der Waals surface area contributed by atoms with Crippen LogP contribution in [0.4, 0.5) is 0 Å². The molecule has 46 valence electrons. The van der Waals surface area contributed by atoms with Gasteiger partial charge in [-0.05, 0) is 5.92 Å². The Morgan fingerprint density at radius 3 is 2.00 bits per heavy atom. The Morgan fingerprint density at radius 1 is 1.50 bits per heavy atom. The highest BCUT2D eigenvalue weighted by Crippen LogP contribution is 2.02. The normalized spacial score (nSPS) is 13.4. The number of rotatable bonds is 2. The Balaban J connectivity index is 3.57. The van der Waals surface area contributed by atoms with Gasteiger partial charge in [-0.25, -0.2) is 0 Å². The molecule has 0 aromatic rings. The van der Waals surface area contributed by atoms with Crippen LogP contribution in [0.15, 0.2) is 0 Å². The van der Waals surface area contributed by atoms with Crippen molar-refractivity contribution in [2.45, 2.75) is 20.0 Å². The molecule has 0 fully saturated rings. The number of ether oxygens (including phenoxy) is 1. The van der Waals surface area contributed by atoms with Gasteiger partial charge in [-0.15, -0.1) is 0 Å². The molecule has 0 radical (unpaired) electrons. The van der Waals surface area contributed by atoms with E-state index >= 15 is 0 Å². The summed E-state index contributed by atoms with van der Waals surface area (Å²) >= 11 is 0. The third-order valence-electron chi connectivity index (χ3n) is 0.987. The van der Waals surface area contributed by atoms with Crippen LogP contribution in [0.1, 0.15) is 13.8 Å². The maximum absolute atomic E-state index is 8.32. The summed E-state index contributed by atoms with van der Waals surface area (Å²) in [7, 11) is 1.55. The fourth-order valence-corrected chi connectivity index (χ4v) is 0.474. The Bertz CT molecular complexity index is 93.2. The first-order valence-corrected chi connectivity index (χ1v) is 2.64. The standard InChI is InChI=1S/C6H11NO/c1-5(2)6(4-7)8-3/h5-6H,1-3H3/t6-/m1/s1. The summed E-state index contributed by atoms with van der Waals surface area (Å²) in [6.07, 6.45) is -0.241. The molecule has 8 heavy (non-hydrogen) atoms. The van der Waals surface area contributed by atoms with Crippen molar-refractivity contribution in [3.8, 4) is 6.07 Å². The lowest BCUT2D eigenvalue weighted by molar-refractivity contribution is 0.109. The maximum Gasteiger partial charge on any atom is 0.145 e. The van der Waals surface area contributed by atoms with Crippen LogP contribution in [0, 0.1) is 17.2 Å². The number of nitriles is 1. The van der Waals surface area contributed by atoms with Gasteiger partial charge in [0.15, 0.2) is 0 Å². The van der Waals surface area contributed by atoms with Crippen LogP contribution < -0.4 is 0 Å². The quantitative estimate of drug-likeness (QED) is 0.538. The lowest BCUT2D eigenvalue weighted by Crippen LogP contribution is -2.14. The first-order valence-electron chi connectivity index (χ1n) is 2.64. The molecule has 0 rings (SSSR count). The van der Waals surface area contributed by atoms with Gasteiger partial charge < -0.3 is 4.74 Å². The average Bonchev–Trinajstić information content (AvgIpc) is 1.69. The van der Waals surface area contributed by atoms with Crippen LogP contribution >= 0.6 is 0 Å². The van der Waals surface area contributed by atoms with E-state index < -0.39 is 0 Å². The predicted molar refractivity (Wildman–Crippen MR) is 31.2 cm³/mol. The molecule has 0 aromatic heterocycles. The summed E-state index contributed by atoms with van der Waals surface area (Å²) in [6.45, 7) is 3.91. The van der Waals surface area contributed by atoms with Gasteiger partial charge in [0.1, 0.15) is 6.10 Å². The highest BCUT2D eigenvalue weighted by molar-refractivity contribution is 4.85. The van der Waals surface area contributed by atoms with Crippen molar-refractivity contribution in [2.75, 3.05) is 7.11 Å². The summed E-state index contributed by atoms with van der Waals surface area (Å²) in [6, 6.07) is 2.03. The average molecular weight is 113 g/mol. The fourth-order valence-electron chi connectivity index (χ4n) is 0.474. The highest BCUT2D eigenvalue weighted by Gasteiger charge is 2.08. The molecule has 0 aliphatic rings. The molecule has 0 aromatic carbocycles. The molecule has 1 atom stereocenters. The third-order valence-corrected chi connectivity index (χ3v) is 0.987. The van der Waals surface area contributed by atoms with E-state index in [1.807, 2.05) is 19.9 Å². The van der Waals surface area contributed by atoms with Gasteiger partial charge in [-0.2, -0.15) is 5.26 Å². The van der Waals surface area contributed by atoms with Crippen molar-refractivity contribution < 1.29 is 4.74 Å². The van der Waals surface area contributed by atoms with Crippen molar-refractivity contribution in [3.63, 3.8) is 0 Å². The Kier molecular flexibility index (Phi) is 3.21. The zero-order chi connectivity index (χ0) is 6.57. The van der Waals surface area contributed by atoms with Crippen LogP contribution in [0.25, 0.3) is 0 Å². The van der Waals surface area contributed by atoms with Crippen molar-refractivity contribution in [3.05, 3.63) is 0 Å². The second-order valence-corrected chi connectivity index (χ2v) is 2.03. The van der Waals surface area contributed by atoms with Gasteiger partial charge in [-0.1, -0.05) is 13.8 Å². The molecule has 0 saturated heterocycles. The summed E-state index contributed by atoms with van der Waals surface area (Å²) in [5.74, 6) is 0.296. The van der Waals surface area contributed by atoms with E-state index in [2.05, 4.69) is 0 Å². The van der Waals surface area contributed by atoms with Crippen LogP contribution in [-0.4, -0.2) is 13.2 Å². The van der Waals surface area contributed by atoms with Gasteiger partial charge in [0, 0.05) is 7.11 Å². The van der Waals surface area contributed by atoms with E-state index in [1.54, 1.807) is 7.11 Å². The lowest BCUT2D eigenvalue weighted by atomic mass is 10.1. The smallest absolute Gasteiger partial charge is 0.145 e. The maximum atomic E-state index is 8.32. The molecule has 0 bridgehead atoms. The van der Waals surface area contributed by atoms with Crippen LogP contribution in [0.3, 0.4) is 0 Å². The second kappa shape index (κ2) is 3.45. The van der Waals surface area contributed by atoms with Crippen molar-refractivity contribution in [2.24, 2.45) is 5.92 Å². The minimum atomic E-state index is -0.241. The summed E-state index contributed by atoms with van der Waals surface area (Å²) < 4.78 is 4.80. The largest absolute Gasteiger partial charge is 0.366 e. The fraction of sp³-hybridized carbons (Fsp3) is 0.833. The summed E-state index contributed by atoms with van der Waals surface area (Å²) in [5.41, 5.74) is 0. The van der Waals surface area contributed by atoms with E-state index in [9.17, 15) is 0 Å².